The number of nitrogens with one attached hydrogen (secondary N) is 1. The van der Waals surface area contributed by atoms with Crippen molar-refractivity contribution in [2.75, 3.05) is 6.54 Å². The topological polar surface area (TPSA) is 73.1 Å². The molecule has 0 fully saturated rings. The first-order chi connectivity index (χ1) is 11.1. The molecule has 1 amide bonds. The van der Waals surface area contributed by atoms with Crippen LogP contribution < -0.4 is 16.6 Å². The SMILES string of the molecule is C=CCn1c(=O)c2ccccc2n(CC(=O)NCCCC)c1=O. The molecule has 0 radical (unpaired) electrons. The quantitative estimate of drug-likeness (QED) is 0.617. The molecule has 23 heavy (non-hydrogen) atoms. The number of nitrogens with zero attached hydrogens (tertiary/aromatic N) is 2. The normalized spacial score (nSPS) is 10.7. The summed E-state index contributed by atoms with van der Waals surface area (Å²) in [5, 5.41) is 3.20. The molecule has 2 rings (SSSR count). The highest BCUT2D eigenvalue weighted by atomic mass is 16.2. The van der Waals surface area contributed by atoms with Crippen molar-refractivity contribution in [3.05, 3.63) is 57.8 Å². The Labute approximate surface area is 134 Å². The lowest BCUT2D eigenvalue weighted by Crippen LogP contribution is -2.42. The second-order valence-electron chi connectivity index (χ2n) is 5.29. The maximum atomic E-state index is 12.6. The Hall–Kier alpha value is -2.63. The standard InChI is InChI=1S/C17H21N3O3/c1-3-5-10-18-15(21)12-20-14-9-7-6-8-13(14)16(22)19(11-4-2)17(20)23/h4,6-9H,2-3,5,10-12H2,1H3,(H,18,21). The zero-order valence-corrected chi connectivity index (χ0v) is 13.2. The molecule has 6 heteroatoms. The van der Waals surface area contributed by atoms with E-state index in [2.05, 4.69) is 11.9 Å². The van der Waals surface area contributed by atoms with Crippen molar-refractivity contribution in [2.24, 2.45) is 0 Å². The average Bonchev–Trinajstić information content (AvgIpc) is 2.56. The Kier molecular flexibility index (Phi) is 5.51. The first-order valence-corrected chi connectivity index (χ1v) is 7.70. The van der Waals surface area contributed by atoms with Gasteiger partial charge in [0.05, 0.1) is 10.9 Å². The molecule has 0 aliphatic carbocycles. The third-order valence-electron chi connectivity index (χ3n) is 3.60. The summed E-state index contributed by atoms with van der Waals surface area (Å²) in [4.78, 5) is 37.0. The van der Waals surface area contributed by atoms with Crippen molar-refractivity contribution in [3.63, 3.8) is 0 Å². The fourth-order valence-electron chi connectivity index (χ4n) is 2.42. The number of unbranched alkanes of at least 4 members (excludes halogenated alkanes) is 1. The van der Waals surface area contributed by atoms with Crippen LogP contribution in [0.1, 0.15) is 19.8 Å². The van der Waals surface area contributed by atoms with Crippen molar-refractivity contribution in [1.29, 1.82) is 0 Å². The number of amides is 1. The molecular formula is C17H21N3O3. The van der Waals surface area contributed by atoms with E-state index in [9.17, 15) is 14.4 Å². The van der Waals surface area contributed by atoms with Crippen molar-refractivity contribution >= 4 is 16.8 Å². The van der Waals surface area contributed by atoms with Gasteiger partial charge in [-0.25, -0.2) is 4.79 Å². The summed E-state index contributed by atoms with van der Waals surface area (Å²) in [5.74, 6) is -0.241. The number of allylic oxidation sites excluding steroid dienone is 1. The largest absolute Gasteiger partial charge is 0.355 e. The van der Waals surface area contributed by atoms with Gasteiger partial charge in [0.25, 0.3) is 5.56 Å². The molecule has 0 atom stereocenters. The Morgan fingerprint density at radius 3 is 2.70 bits per heavy atom. The molecule has 6 nitrogen and oxygen atoms in total. The number of fused-ring (bicyclic) bond motifs is 1. The molecule has 0 aliphatic rings. The smallest absolute Gasteiger partial charge is 0.332 e. The molecule has 122 valence electrons. The van der Waals surface area contributed by atoms with E-state index in [1.165, 1.54) is 10.6 Å². The molecule has 1 heterocycles. The maximum Gasteiger partial charge on any atom is 0.332 e. The molecule has 1 aromatic carbocycles. The van der Waals surface area contributed by atoms with Crippen molar-refractivity contribution in [1.82, 2.24) is 14.5 Å². The zero-order valence-electron chi connectivity index (χ0n) is 13.2. The van der Waals surface area contributed by atoms with E-state index in [1.807, 2.05) is 6.92 Å². The average molecular weight is 315 g/mol. The molecular weight excluding hydrogens is 294 g/mol. The van der Waals surface area contributed by atoms with E-state index in [0.29, 0.717) is 17.4 Å². The number of benzene rings is 1. The monoisotopic (exact) mass is 315 g/mol. The fourth-order valence-corrected chi connectivity index (χ4v) is 2.42. The molecule has 2 aromatic rings. The van der Waals surface area contributed by atoms with Gasteiger partial charge in [-0.2, -0.15) is 0 Å². The number of aromatic nitrogens is 2. The first-order valence-electron chi connectivity index (χ1n) is 7.70. The van der Waals surface area contributed by atoms with E-state index < -0.39 is 5.69 Å². The van der Waals surface area contributed by atoms with Gasteiger partial charge in [-0.15, -0.1) is 6.58 Å². The van der Waals surface area contributed by atoms with Crippen LogP contribution in [0.5, 0.6) is 0 Å². The molecule has 1 N–H and O–H groups in total. The van der Waals surface area contributed by atoms with Gasteiger partial charge in [0, 0.05) is 13.1 Å². The number of rotatable bonds is 7. The van der Waals surface area contributed by atoms with Gasteiger partial charge in [0.15, 0.2) is 0 Å². The second kappa shape index (κ2) is 7.58. The summed E-state index contributed by atoms with van der Waals surface area (Å²) in [6.45, 7) is 6.19. The lowest BCUT2D eigenvalue weighted by atomic mass is 10.2. The van der Waals surface area contributed by atoms with Crippen molar-refractivity contribution in [3.8, 4) is 0 Å². The number of hydrogen-bond acceptors (Lipinski definition) is 3. The highest BCUT2D eigenvalue weighted by Crippen LogP contribution is 2.07. The van der Waals surface area contributed by atoms with Crippen LogP contribution in [-0.2, 0) is 17.9 Å². The van der Waals surface area contributed by atoms with Gasteiger partial charge in [-0.3, -0.25) is 18.7 Å². The van der Waals surface area contributed by atoms with Crippen LogP contribution in [0, 0.1) is 0 Å². The lowest BCUT2D eigenvalue weighted by molar-refractivity contribution is -0.121. The minimum Gasteiger partial charge on any atom is -0.355 e. The van der Waals surface area contributed by atoms with Crippen LogP contribution in [0.3, 0.4) is 0 Å². The minimum absolute atomic E-state index is 0.111. The van der Waals surface area contributed by atoms with Crippen LogP contribution >= 0.6 is 0 Å². The number of carbonyl (C=O) groups is 1. The number of para-hydroxylation sites is 1. The van der Waals surface area contributed by atoms with Crippen LogP contribution in [0.2, 0.25) is 0 Å². The van der Waals surface area contributed by atoms with Crippen molar-refractivity contribution < 1.29 is 4.79 Å². The second-order valence-corrected chi connectivity index (χ2v) is 5.29. The van der Waals surface area contributed by atoms with Gasteiger partial charge >= 0.3 is 5.69 Å². The fraction of sp³-hybridized carbons (Fsp3) is 0.353. The van der Waals surface area contributed by atoms with E-state index in [-0.39, 0.29) is 24.6 Å². The van der Waals surface area contributed by atoms with Gasteiger partial charge in [-0.1, -0.05) is 31.6 Å². The van der Waals surface area contributed by atoms with Crippen LogP contribution in [-0.4, -0.2) is 21.6 Å². The van der Waals surface area contributed by atoms with E-state index in [0.717, 1.165) is 17.4 Å². The van der Waals surface area contributed by atoms with Gasteiger partial charge in [-0.05, 0) is 18.6 Å². The molecule has 0 saturated carbocycles. The van der Waals surface area contributed by atoms with Crippen LogP contribution in [0.4, 0.5) is 0 Å². The van der Waals surface area contributed by atoms with Crippen LogP contribution in [0.15, 0.2) is 46.5 Å². The van der Waals surface area contributed by atoms with Gasteiger partial charge in [0.2, 0.25) is 5.91 Å². The summed E-state index contributed by atoms with van der Waals surface area (Å²) >= 11 is 0. The molecule has 0 bridgehead atoms. The van der Waals surface area contributed by atoms with E-state index in [4.69, 9.17) is 0 Å². The number of hydrogen-bond donors (Lipinski definition) is 1. The van der Waals surface area contributed by atoms with Gasteiger partial charge < -0.3 is 5.32 Å². The Bertz CT molecular complexity index is 833. The summed E-state index contributed by atoms with van der Waals surface area (Å²) in [7, 11) is 0. The predicted molar refractivity (Wildman–Crippen MR) is 90.6 cm³/mol. The molecule has 0 aliphatic heterocycles. The Morgan fingerprint density at radius 1 is 1.26 bits per heavy atom. The van der Waals surface area contributed by atoms with Crippen molar-refractivity contribution in [2.45, 2.75) is 32.9 Å². The third kappa shape index (κ3) is 3.59. The number of carbonyl (C=O) groups excluding carboxylic acids is 1. The summed E-state index contributed by atoms with van der Waals surface area (Å²) < 4.78 is 2.43. The highest BCUT2D eigenvalue weighted by Gasteiger charge is 2.14. The Balaban J connectivity index is 2.49. The van der Waals surface area contributed by atoms with E-state index >= 15 is 0 Å². The molecule has 0 spiro atoms. The Morgan fingerprint density at radius 2 is 2.00 bits per heavy atom. The van der Waals surface area contributed by atoms with E-state index in [1.54, 1.807) is 24.3 Å². The highest BCUT2D eigenvalue weighted by molar-refractivity contribution is 5.81. The summed E-state index contributed by atoms with van der Waals surface area (Å²) in [5.41, 5.74) is -0.402. The summed E-state index contributed by atoms with van der Waals surface area (Å²) in [6, 6.07) is 6.81. The molecule has 0 saturated heterocycles. The van der Waals surface area contributed by atoms with Gasteiger partial charge in [0.1, 0.15) is 6.54 Å². The maximum absolute atomic E-state index is 12.6. The lowest BCUT2D eigenvalue weighted by Gasteiger charge is -2.13. The minimum atomic E-state index is -0.501. The third-order valence-corrected chi connectivity index (χ3v) is 3.60. The molecule has 0 unspecified atom stereocenters. The zero-order chi connectivity index (χ0) is 16.8. The van der Waals surface area contributed by atoms with Crippen LogP contribution in [0.25, 0.3) is 10.9 Å². The predicted octanol–water partition coefficient (Wildman–Crippen LogP) is 1.27. The molecule has 1 aromatic heterocycles. The summed E-state index contributed by atoms with van der Waals surface area (Å²) in [6.07, 6.45) is 3.36. The first kappa shape index (κ1) is 16.7.